The van der Waals surface area contributed by atoms with Crippen LogP contribution in [0.5, 0.6) is 0 Å². The third kappa shape index (κ3) is 4.21. The first-order valence-electron chi connectivity index (χ1n) is 10.3. The molecule has 1 aromatic rings. The fraction of sp³-hybridized carbons (Fsp3) is 0.650. The van der Waals surface area contributed by atoms with Gasteiger partial charge in [0.2, 0.25) is 0 Å². The van der Waals surface area contributed by atoms with Crippen LogP contribution in [-0.2, 0) is 16.6 Å². The van der Waals surface area contributed by atoms with Crippen molar-refractivity contribution in [1.29, 1.82) is 0 Å². The molecule has 166 valence electrons. The third-order valence-electron chi connectivity index (χ3n) is 5.83. The lowest BCUT2D eigenvalue weighted by Gasteiger charge is -2.36. The van der Waals surface area contributed by atoms with E-state index in [-0.39, 0.29) is 42.9 Å². The first-order chi connectivity index (χ1) is 14.0. The molecule has 2 aliphatic rings. The molecule has 30 heavy (non-hydrogen) atoms. The Morgan fingerprint density at radius 1 is 1.10 bits per heavy atom. The average Bonchev–Trinajstić information content (AvgIpc) is 2.67. The maximum atomic E-state index is 13.0. The van der Waals surface area contributed by atoms with Crippen molar-refractivity contribution in [2.24, 2.45) is 5.41 Å². The minimum absolute atomic E-state index is 0.0677. The highest BCUT2D eigenvalue weighted by molar-refractivity contribution is 7.86. The largest absolute Gasteiger partial charge is 0.336 e. The number of H-pyrrole nitrogens is 1. The Labute approximate surface area is 177 Å². The second kappa shape index (κ2) is 8.24. The normalized spacial score (nSPS) is 19.8. The summed E-state index contributed by atoms with van der Waals surface area (Å²) in [6.45, 7) is 8.99. The molecule has 0 spiro atoms. The standard InChI is InChI=1S/C20H30N4O5S/c1-5-23(6-2)30(28,29)24-9-7-22(8-10-24)19(27)15-11-14-16(21-18(15)26)12-20(3,4)13-17(14)25/h11H,5-10,12-13H2,1-4H3,(H,21,26). The summed E-state index contributed by atoms with van der Waals surface area (Å²) in [6.07, 6.45) is 0.932. The zero-order valence-electron chi connectivity index (χ0n) is 18.0. The van der Waals surface area contributed by atoms with E-state index in [1.807, 2.05) is 13.8 Å². The number of hydrogen-bond donors (Lipinski definition) is 1. The summed E-state index contributed by atoms with van der Waals surface area (Å²) in [5, 5.41) is 0. The quantitative estimate of drug-likeness (QED) is 0.734. The molecule has 1 aliphatic heterocycles. The van der Waals surface area contributed by atoms with E-state index >= 15 is 0 Å². The number of aromatic amines is 1. The summed E-state index contributed by atoms with van der Waals surface area (Å²) in [5.74, 6) is -0.557. The molecular weight excluding hydrogens is 408 g/mol. The van der Waals surface area contributed by atoms with Gasteiger partial charge in [-0.05, 0) is 17.9 Å². The number of nitrogens with zero attached hydrogens (tertiary/aromatic N) is 3. The topological polar surface area (TPSA) is 111 Å². The molecule has 0 unspecified atom stereocenters. The molecule has 1 amide bonds. The number of ketones is 1. The van der Waals surface area contributed by atoms with Crippen molar-refractivity contribution in [3.63, 3.8) is 0 Å². The molecule has 0 saturated carbocycles. The van der Waals surface area contributed by atoms with Crippen LogP contribution in [0.4, 0.5) is 0 Å². The van der Waals surface area contributed by atoms with E-state index in [9.17, 15) is 22.8 Å². The summed E-state index contributed by atoms with van der Waals surface area (Å²) < 4.78 is 28.1. The van der Waals surface area contributed by atoms with Crippen LogP contribution in [0.15, 0.2) is 10.9 Å². The highest BCUT2D eigenvalue weighted by Gasteiger charge is 2.35. The molecule has 1 aliphatic carbocycles. The zero-order valence-corrected chi connectivity index (χ0v) is 18.8. The summed E-state index contributed by atoms with van der Waals surface area (Å²) in [5.41, 5.74) is 0.169. The molecule has 1 aromatic heterocycles. The monoisotopic (exact) mass is 438 g/mol. The lowest BCUT2D eigenvalue weighted by atomic mass is 9.75. The Bertz CT molecular complexity index is 1000. The highest BCUT2D eigenvalue weighted by Crippen LogP contribution is 2.33. The lowest BCUT2D eigenvalue weighted by molar-refractivity contribution is 0.0692. The number of amides is 1. The van der Waals surface area contributed by atoms with Crippen molar-refractivity contribution in [3.05, 3.63) is 33.2 Å². The van der Waals surface area contributed by atoms with Crippen molar-refractivity contribution in [3.8, 4) is 0 Å². The van der Waals surface area contributed by atoms with Gasteiger partial charge in [0.15, 0.2) is 5.78 Å². The van der Waals surface area contributed by atoms with Gasteiger partial charge in [0.05, 0.1) is 0 Å². The Morgan fingerprint density at radius 3 is 2.27 bits per heavy atom. The van der Waals surface area contributed by atoms with Gasteiger partial charge in [0.1, 0.15) is 5.56 Å². The zero-order chi connectivity index (χ0) is 22.3. The molecule has 0 aromatic carbocycles. The number of aromatic nitrogens is 1. The van der Waals surface area contributed by atoms with Gasteiger partial charge in [-0.3, -0.25) is 14.4 Å². The molecule has 10 heteroatoms. The van der Waals surface area contributed by atoms with E-state index < -0.39 is 21.7 Å². The van der Waals surface area contributed by atoms with Gasteiger partial charge >= 0.3 is 0 Å². The van der Waals surface area contributed by atoms with Crippen LogP contribution >= 0.6 is 0 Å². The van der Waals surface area contributed by atoms with Crippen LogP contribution in [0, 0.1) is 5.41 Å². The Kier molecular flexibility index (Phi) is 6.22. The number of carbonyl (C=O) groups is 2. The van der Waals surface area contributed by atoms with Gasteiger partial charge in [-0.1, -0.05) is 27.7 Å². The van der Waals surface area contributed by atoms with E-state index in [1.165, 1.54) is 19.6 Å². The maximum absolute atomic E-state index is 13.0. The smallest absolute Gasteiger partial charge is 0.282 e. The van der Waals surface area contributed by atoms with Crippen LogP contribution < -0.4 is 5.56 Å². The predicted molar refractivity (Wildman–Crippen MR) is 113 cm³/mol. The van der Waals surface area contributed by atoms with E-state index in [2.05, 4.69) is 4.98 Å². The van der Waals surface area contributed by atoms with E-state index in [0.717, 1.165) is 0 Å². The number of pyridine rings is 1. The number of rotatable bonds is 5. The molecule has 3 rings (SSSR count). The molecular formula is C20H30N4O5S. The van der Waals surface area contributed by atoms with Gasteiger partial charge in [-0.15, -0.1) is 0 Å². The van der Waals surface area contributed by atoms with Crippen LogP contribution in [0.25, 0.3) is 0 Å². The summed E-state index contributed by atoms with van der Waals surface area (Å²) in [7, 11) is -3.56. The SMILES string of the molecule is CCN(CC)S(=O)(=O)N1CCN(C(=O)c2cc3c([nH]c2=O)CC(C)(C)CC3=O)CC1. The maximum Gasteiger partial charge on any atom is 0.282 e. The number of carbonyl (C=O) groups excluding carboxylic acids is 2. The number of Topliss-reactive ketones (excluding diaryl/α,β-unsaturated/α-hetero) is 1. The van der Waals surface area contributed by atoms with Crippen LogP contribution in [0.1, 0.15) is 60.5 Å². The van der Waals surface area contributed by atoms with E-state index in [0.29, 0.717) is 37.2 Å². The highest BCUT2D eigenvalue weighted by atomic mass is 32.2. The first kappa shape index (κ1) is 22.6. The molecule has 1 saturated heterocycles. The van der Waals surface area contributed by atoms with Gasteiger partial charge < -0.3 is 9.88 Å². The van der Waals surface area contributed by atoms with Crippen molar-refractivity contribution in [1.82, 2.24) is 18.5 Å². The number of nitrogens with one attached hydrogen (secondary N) is 1. The molecule has 9 nitrogen and oxygen atoms in total. The number of hydrogen-bond acceptors (Lipinski definition) is 5. The Hall–Kier alpha value is -2.04. The summed E-state index contributed by atoms with van der Waals surface area (Å²) in [6, 6.07) is 1.41. The van der Waals surface area contributed by atoms with Crippen LogP contribution in [0.3, 0.4) is 0 Å². The Morgan fingerprint density at radius 2 is 1.70 bits per heavy atom. The minimum atomic E-state index is -3.56. The fourth-order valence-electron chi connectivity index (χ4n) is 4.19. The van der Waals surface area contributed by atoms with Crippen molar-refractivity contribution < 1.29 is 18.0 Å². The Balaban J connectivity index is 1.77. The predicted octanol–water partition coefficient (Wildman–Crippen LogP) is 0.874. The molecule has 1 fully saturated rings. The molecule has 1 N–H and O–H groups in total. The molecule has 0 bridgehead atoms. The summed E-state index contributed by atoms with van der Waals surface area (Å²) in [4.78, 5) is 42.2. The number of piperazine rings is 1. The van der Waals surface area contributed by atoms with Gasteiger partial charge in [0.25, 0.3) is 21.7 Å². The van der Waals surface area contributed by atoms with Crippen molar-refractivity contribution in [2.45, 2.75) is 40.5 Å². The number of fused-ring (bicyclic) bond motifs is 1. The van der Waals surface area contributed by atoms with Crippen LogP contribution in [0.2, 0.25) is 0 Å². The summed E-state index contributed by atoms with van der Waals surface area (Å²) >= 11 is 0. The average molecular weight is 439 g/mol. The van der Waals surface area contributed by atoms with Crippen molar-refractivity contribution >= 4 is 21.9 Å². The van der Waals surface area contributed by atoms with E-state index in [4.69, 9.17) is 0 Å². The second-order valence-corrected chi connectivity index (χ2v) is 10.6. The second-order valence-electron chi connectivity index (χ2n) is 8.63. The van der Waals surface area contributed by atoms with Gasteiger partial charge in [-0.2, -0.15) is 17.0 Å². The van der Waals surface area contributed by atoms with Gasteiger partial charge in [-0.25, -0.2) is 0 Å². The lowest BCUT2D eigenvalue weighted by Crippen LogP contribution is -2.54. The van der Waals surface area contributed by atoms with Gasteiger partial charge in [0, 0.05) is 56.9 Å². The molecule has 0 radical (unpaired) electrons. The fourth-order valence-corrected chi connectivity index (χ4v) is 5.80. The first-order valence-corrected chi connectivity index (χ1v) is 11.7. The minimum Gasteiger partial charge on any atom is -0.336 e. The van der Waals surface area contributed by atoms with E-state index in [1.54, 1.807) is 13.8 Å². The molecule has 2 heterocycles. The molecule has 0 atom stereocenters. The van der Waals surface area contributed by atoms with Crippen molar-refractivity contribution in [2.75, 3.05) is 39.3 Å². The third-order valence-corrected chi connectivity index (χ3v) is 8.02. The van der Waals surface area contributed by atoms with Crippen LogP contribution in [-0.4, -0.2) is 77.9 Å².